The predicted molar refractivity (Wildman–Crippen MR) is 141 cm³/mol. The summed E-state index contributed by atoms with van der Waals surface area (Å²) in [5, 5.41) is 26.1. The van der Waals surface area contributed by atoms with Crippen molar-refractivity contribution in [1.29, 1.82) is 0 Å². The molecule has 0 aliphatic carbocycles. The number of rotatable bonds is 18. The van der Waals surface area contributed by atoms with Crippen LogP contribution in [-0.4, -0.2) is 70.6 Å². The third-order valence-electron chi connectivity index (χ3n) is 5.82. The maximum absolute atomic E-state index is 13.3. The molecule has 4 atom stereocenters. The average Bonchev–Trinajstić information content (AvgIpc) is 2.85. The van der Waals surface area contributed by atoms with Crippen LogP contribution < -0.4 is 27.4 Å². The molecule has 0 heterocycles. The maximum Gasteiger partial charge on any atom is 0.326 e. The lowest BCUT2D eigenvalue weighted by Crippen LogP contribution is -2.57. The lowest BCUT2D eigenvalue weighted by molar-refractivity contribution is -0.143. The normalized spacial score (nSPS) is 14.1. The van der Waals surface area contributed by atoms with Gasteiger partial charge in [0.2, 0.25) is 17.7 Å². The van der Waals surface area contributed by atoms with E-state index in [1.165, 1.54) is 0 Å². The van der Waals surface area contributed by atoms with E-state index in [2.05, 4.69) is 16.0 Å². The second kappa shape index (κ2) is 17.1. The van der Waals surface area contributed by atoms with Gasteiger partial charge in [-0.1, -0.05) is 44.2 Å². The van der Waals surface area contributed by atoms with Crippen LogP contribution in [0, 0.1) is 5.92 Å². The number of aliphatic carboxylic acids is 2. The van der Waals surface area contributed by atoms with Gasteiger partial charge in [-0.3, -0.25) is 19.2 Å². The number of nitrogens with two attached hydrogens (primary N) is 2. The first-order valence-corrected chi connectivity index (χ1v) is 12.8. The first-order chi connectivity index (χ1) is 17.9. The Kier molecular flexibility index (Phi) is 14.6. The van der Waals surface area contributed by atoms with E-state index in [1.54, 1.807) is 30.3 Å². The largest absolute Gasteiger partial charge is 0.481 e. The molecule has 0 aliphatic rings. The van der Waals surface area contributed by atoms with E-state index in [4.69, 9.17) is 16.6 Å². The highest BCUT2D eigenvalue weighted by molar-refractivity contribution is 5.94. The molecule has 3 amide bonds. The molecule has 0 saturated heterocycles. The molecule has 4 unspecified atom stereocenters. The number of nitrogens with one attached hydrogen (secondary N) is 3. The number of unbranched alkanes of at least 4 members (excludes halogenated alkanes) is 1. The number of hydrogen-bond donors (Lipinski definition) is 7. The minimum absolute atomic E-state index is 0.0116. The fourth-order valence-electron chi connectivity index (χ4n) is 3.75. The number of carbonyl (C=O) groups excluding carboxylic acids is 3. The van der Waals surface area contributed by atoms with Crippen LogP contribution in [-0.2, 0) is 30.4 Å². The molecule has 1 aromatic carbocycles. The number of carboxylic acids is 2. The van der Waals surface area contributed by atoms with Gasteiger partial charge in [0.1, 0.15) is 18.1 Å². The quantitative estimate of drug-likeness (QED) is 0.127. The van der Waals surface area contributed by atoms with E-state index in [-0.39, 0.29) is 38.0 Å². The smallest absolute Gasteiger partial charge is 0.326 e. The fraction of sp³-hybridized carbons (Fsp3) is 0.577. The Morgan fingerprint density at radius 3 is 1.95 bits per heavy atom. The summed E-state index contributed by atoms with van der Waals surface area (Å²) in [6, 6.07) is 4.44. The molecule has 212 valence electrons. The van der Waals surface area contributed by atoms with Gasteiger partial charge in [-0.2, -0.15) is 0 Å². The first kappa shape index (κ1) is 32.5. The van der Waals surface area contributed by atoms with E-state index in [9.17, 15) is 29.1 Å². The number of carboxylic acid groups (broad SMARTS) is 2. The van der Waals surface area contributed by atoms with Crippen molar-refractivity contribution >= 4 is 29.7 Å². The van der Waals surface area contributed by atoms with Crippen molar-refractivity contribution in [2.75, 3.05) is 6.54 Å². The molecular formula is C26H41N5O7. The van der Waals surface area contributed by atoms with Crippen LogP contribution in [0.15, 0.2) is 30.3 Å². The zero-order valence-corrected chi connectivity index (χ0v) is 22.0. The minimum Gasteiger partial charge on any atom is -0.481 e. The second-order valence-corrected chi connectivity index (χ2v) is 9.66. The molecule has 0 fully saturated rings. The zero-order valence-electron chi connectivity index (χ0n) is 22.0. The molecule has 0 spiro atoms. The topological polar surface area (TPSA) is 214 Å². The van der Waals surface area contributed by atoms with Crippen LogP contribution >= 0.6 is 0 Å². The maximum atomic E-state index is 13.3. The molecule has 1 rings (SSSR count). The summed E-state index contributed by atoms with van der Waals surface area (Å²) in [5.74, 6) is -4.27. The van der Waals surface area contributed by atoms with Gasteiger partial charge in [0, 0.05) is 12.8 Å². The molecule has 0 aliphatic heterocycles. The summed E-state index contributed by atoms with van der Waals surface area (Å²) in [5.41, 5.74) is 12.1. The summed E-state index contributed by atoms with van der Waals surface area (Å²) >= 11 is 0. The molecule has 0 saturated carbocycles. The number of amides is 3. The van der Waals surface area contributed by atoms with E-state index in [1.807, 2.05) is 13.8 Å². The number of benzene rings is 1. The average molecular weight is 536 g/mol. The van der Waals surface area contributed by atoms with Crippen molar-refractivity contribution < 1.29 is 34.2 Å². The Hall–Kier alpha value is -3.51. The van der Waals surface area contributed by atoms with Crippen molar-refractivity contribution in [3.05, 3.63) is 35.9 Å². The number of carbonyl (C=O) groups is 5. The highest BCUT2D eigenvalue weighted by atomic mass is 16.4. The van der Waals surface area contributed by atoms with E-state index in [0.29, 0.717) is 19.4 Å². The summed E-state index contributed by atoms with van der Waals surface area (Å²) < 4.78 is 0. The second-order valence-electron chi connectivity index (χ2n) is 9.66. The Morgan fingerprint density at radius 1 is 0.816 bits per heavy atom. The Balaban J connectivity index is 3.09. The predicted octanol–water partition coefficient (Wildman–Crippen LogP) is 0.135. The molecule has 0 bridgehead atoms. The molecule has 0 aromatic heterocycles. The van der Waals surface area contributed by atoms with Gasteiger partial charge in [0.05, 0.1) is 6.04 Å². The third-order valence-corrected chi connectivity index (χ3v) is 5.82. The number of hydrogen-bond acceptors (Lipinski definition) is 7. The lowest BCUT2D eigenvalue weighted by atomic mass is 10.0. The van der Waals surface area contributed by atoms with Gasteiger partial charge in [0.15, 0.2) is 0 Å². The fourth-order valence-corrected chi connectivity index (χ4v) is 3.75. The monoisotopic (exact) mass is 535 g/mol. The molecule has 9 N–H and O–H groups in total. The van der Waals surface area contributed by atoms with E-state index in [0.717, 1.165) is 5.56 Å². The first-order valence-electron chi connectivity index (χ1n) is 12.8. The van der Waals surface area contributed by atoms with Crippen LogP contribution in [0.25, 0.3) is 0 Å². The summed E-state index contributed by atoms with van der Waals surface area (Å²) in [4.78, 5) is 61.5. The van der Waals surface area contributed by atoms with Gasteiger partial charge in [0.25, 0.3) is 0 Å². The van der Waals surface area contributed by atoms with Gasteiger partial charge in [-0.25, -0.2) is 4.79 Å². The zero-order chi connectivity index (χ0) is 28.7. The molecule has 38 heavy (non-hydrogen) atoms. The van der Waals surface area contributed by atoms with Crippen LogP contribution in [0.4, 0.5) is 0 Å². The van der Waals surface area contributed by atoms with Crippen molar-refractivity contribution in [2.45, 2.75) is 83.0 Å². The molecule has 12 heteroatoms. The van der Waals surface area contributed by atoms with Crippen molar-refractivity contribution in [1.82, 2.24) is 16.0 Å². The van der Waals surface area contributed by atoms with E-state index < -0.39 is 53.8 Å². The molecular weight excluding hydrogens is 494 g/mol. The molecule has 0 radical (unpaired) electrons. The van der Waals surface area contributed by atoms with E-state index >= 15 is 0 Å². The van der Waals surface area contributed by atoms with Crippen LogP contribution in [0.5, 0.6) is 0 Å². The van der Waals surface area contributed by atoms with Gasteiger partial charge in [-0.15, -0.1) is 0 Å². The molecule has 1 aromatic rings. The Morgan fingerprint density at radius 2 is 1.39 bits per heavy atom. The Labute approximate surface area is 222 Å². The van der Waals surface area contributed by atoms with Crippen LogP contribution in [0.3, 0.4) is 0 Å². The third kappa shape index (κ3) is 12.6. The minimum atomic E-state index is -1.18. The van der Waals surface area contributed by atoms with Gasteiger partial charge >= 0.3 is 11.9 Å². The highest BCUT2D eigenvalue weighted by Crippen LogP contribution is 2.09. The van der Waals surface area contributed by atoms with Gasteiger partial charge < -0.3 is 37.6 Å². The Bertz CT molecular complexity index is 926. The SMILES string of the molecule is CC(C)CC(NC(=O)C(CCCCN)NC(=O)C(Cc1ccccc1)NC(=O)C(N)CCC(=O)O)C(=O)O. The highest BCUT2D eigenvalue weighted by Gasteiger charge is 2.30. The van der Waals surface area contributed by atoms with Crippen molar-refractivity contribution in [3.8, 4) is 0 Å². The van der Waals surface area contributed by atoms with Crippen molar-refractivity contribution in [2.24, 2.45) is 17.4 Å². The molecule has 12 nitrogen and oxygen atoms in total. The summed E-state index contributed by atoms with van der Waals surface area (Å²) in [7, 11) is 0. The summed E-state index contributed by atoms with van der Waals surface area (Å²) in [6.45, 7) is 4.05. The van der Waals surface area contributed by atoms with Crippen molar-refractivity contribution in [3.63, 3.8) is 0 Å². The van der Waals surface area contributed by atoms with Crippen LogP contribution in [0.1, 0.15) is 57.9 Å². The lowest BCUT2D eigenvalue weighted by Gasteiger charge is -2.26. The summed E-state index contributed by atoms with van der Waals surface area (Å²) in [6.07, 6.45) is 1.19. The van der Waals surface area contributed by atoms with Gasteiger partial charge in [-0.05, 0) is 50.1 Å². The van der Waals surface area contributed by atoms with Crippen LogP contribution in [0.2, 0.25) is 0 Å². The standard InChI is InChI=1S/C26H41N5O7/c1-16(2)14-21(26(37)38)31-24(35)19(10-6-7-13-27)29-25(36)20(15-17-8-4-3-5-9-17)30-23(34)18(28)11-12-22(32)33/h3-5,8-9,16,18-21H,6-7,10-15,27-28H2,1-2H3,(H,29,36)(H,30,34)(H,31,35)(H,32,33)(H,37,38).